The Bertz CT molecular complexity index is 2050. The Labute approximate surface area is 664 Å². The van der Waals surface area contributed by atoms with E-state index in [1.807, 2.05) is 0 Å². The van der Waals surface area contributed by atoms with Crippen LogP contribution in [0, 0.1) is 5.92 Å². The number of hydrogen-bond donors (Lipinski definition) is 3. The molecule has 0 saturated heterocycles. The molecular formula is C89H174O17P2. The van der Waals surface area contributed by atoms with Gasteiger partial charge in [0.05, 0.1) is 26.4 Å². The monoisotopic (exact) mass is 1580 g/mol. The van der Waals surface area contributed by atoms with Crippen molar-refractivity contribution in [2.45, 2.75) is 502 Å². The smallest absolute Gasteiger partial charge is 0.462 e. The highest BCUT2D eigenvalue weighted by Crippen LogP contribution is 2.45. The highest BCUT2D eigenvalue weighted by atomic mass is 31.2. The van der Waals surface area contributed by atoms with Crippen LogP contribution in [0.2, 0.25) is 0 Å². The van der Waals surface area contributed by atoms with Gasteiger partial charge in [0.15, 0.2) is 12.2 Å². The van der Waals surface area contributed by atoms with Crippen LogP contribution in [0.4, 0.5) is 0 Å². The second-order valence-electron chi connectivity index (χ2n) is 32.2. The molecule has 0 aromatic heterocycles. The second kappa shape index (κ2) is 81.6. The van der Waals surface area contributed by atoms with E-state index < -0.39 is 97.5 Å². The molecule has 108 heavy (non-hydrogen) atoms. The minimum atomic E-state index is -4.96. The third kappa shape index (κ3) is 80.7. The topological polar surface area (TPSA) is 237 Å². The lowest BCUT2D eigenvalue weighted by atomic mass is 9.99. The van der Waals surface area contributed by atoms with E-state index >= 15 is 0 Å². The van der Waals surface area contributed by atoms with Crippen molar-refractivity contribution in [1.29, 1.82) is 0 Å². The lowest BCUT2D eigenvalue weighted by Gasteiger charge is -2.21. The van der Waals surface area contributed by atoms with E-state index in [-0.39, 0.29) is 25.7 Å². The standard InChI is InChI=1S/C89H174O17P2/c1-6-10-13-16-18-20-22-24-26-28-30-32-34-38-42-46-50-54-58-63-68-73-87(92)100-79-85(106-89(94)75-70-65-60-56-52-48-44-40-36-35-37-41-45-49-53-57-62-66-71-82(5)9-4)81-104-108(97,98)102-77-83(90)76-101-107(95,96)103-80-84(78-99-86(91)72-67-61-15-12-8-3)105-88(93)74-69-64-59-55-51-47-43-39-33-31-29-27-25-23-21-19-17-14-11-7-2/h82-85,90H,6-81H2,1-5H3,(H,95,96)(H,97,98)/t82?,83-,84+,85+/m0/s1. The summed E-state index contributed by atoms with van der Waals surface area (Å²) in [5, 5.41) is 10.7. The van der Waals surface area contributed by atoms with E-state index in [0.717, 1.165) is 102 Å². The Morgan fingerprint density at radius 2 is 0.444 bits per heavy atom. The Hall–Kier alpha value is -1.94. The van der Waals surface area contributed by atoms with Gasteiger partial charge in [-0.2, -0.15) is 0 Å². The van der Waals surface area contributed by atoms with E-state index in [1.54, 1.807) is 0 Å². The van der Waals surface area contributed by atoms with Crippen LogP contribution in [0.25, 0.3) is 0 Å². The number of aliphatic hydroxyl groups is 1. The summed E-state index contributed by atoms with van der Waals surface area (Å²) in [4.78, 5) is 73.0. The molecule has 0 radical (unpaired) electrons. The third-order valence-electron chi connectivity index (χ3n) is 21.4. The molecule has 0 bridgehead atoms. The van der Waals surface area contributed by atoms with E-state index in [2.05, 4.69) is 34.6 Å². The lowest BCUT2D eigenvalue weighted by Crippen LogP contribution is -2.30. The molecule has 19 heteroatoms. The van der Waals surface area contributed by atoms with Crippen LogP contribution in [-0.4, -0.2) is 96.7 Å². The van der Waals surface area contributed by atoms with Crippen molar-refractivity contribution in [2.24, 2.45) is 5.92 Å². The number of phosphoric acid groups is 2. The van der Waals surface area contributed by atoms with Gasteiger partial charge >= 0.3 is 39.5 Å². The fraction of sp³-hybridized carbons (Fsp3) is 0.955. The summed E-state index contributed by atoms with van der Waals surface area (Å²) >= 11 is 0. The average molecular weight is 1580 g/mol. The summed E-state index contributed by atoms with van der Waals surface area (Å²) in [5.74, 6) is -1.24. The number of ether oxygens (including phenoxy) is 4. The number of unbranched alkanes of at least 4 members (excludes halogenated alkanes) is 60. The van der Waals surface area contributed by atoms with Gasteiger partial charge in [0, 0.05) is 25.7 Å². The summed E-state index contributed by atoms with van der Waals surface area (Å²) in [6, 6.07) is 0. The molecule has 3 N–H and O–H groups in total. The van der Waals surface area contributed by atoms with Crippen LogP contribution in [0.3, 0.4) is 0 Å². The molecule has 0 aliphatic carbocycles. The third-order valence-corrected chi connectivity index (χ3v) is 23.3. The van der Waals surface area contributed by atoms with Crippen molar-refractivity contribution in [1.82, 2.24) is 0 Å². The zero-order chi connectivity index (χ0) is 79.0. The summed E-state index contributed by atoms with van der Waals surface area (Å²) in [7, 11) is -9.92. The SMILES string of the molecule is CCCCCCCCCCCCCCCCCCCCCCCC(=O)OC[C@H](COP(=O)(O)OC[C@@H](O)COP(=O)(O)OC[C@@H](COC(=O)CCCCCCC)OC(=O)CCCCCCCCCCCCCCCCCCCCCC)OC(=O)CCCCCCCCCCCCCCCCCCCCC(C)CC. The molecule has 0 aromatic rings. The van der Waals surface area contributed by atoms with Gasteiger partial charge in [0.25, 0.3) is 0 Å². The minimum Gasteiger partial charge on any atom is -0.462 e. The van der Waals surface area contributed by atoms with Gasteiger partial charge in [-0.05, 0) is 31.6 Å². The fourth-order valence-corrected chi connectivity index (χ4v) is 15.5. The summed E-state index contributed by atoms with van der Waals surface area (Å²) < 4.78 is 68.7. The number of esters is 4. The van der Waals surface area contributed by atoms with Crippen LogP contribution in [0.15, 0.2) is 0 Å². The molecule has 0 aliphatic heterocycles. The molecule has 0 saturated carbocycles. The first-order chi connectivity index (χ1) is 52.6. The highest BCUT2D eigenvalue weighted by Gasteiger charge is 2.31. The van der Waals surface area contributed by atoms with Gasteiger partial charge in [-0.1, -0.05) is 433 Å². The highest BCUT2D eigenvalue weighted by molar-refractivity contribution is 7.47. The largest absolute Gasteiger partial charge is 0.472 e. The van der Waals surface area contributed by atoms with E-state index in [1.165, 1.54) is 302 Å². The maximum absolute atomic E-state index is 13.1. The Balaban J connectivity index is 5.08. The van der Waals surface area contributed by atoms with Crippen molar-refractivity contribution >= 4 is 39.5 Å². The van der Waals surface area contributed by atoms with E-state index in [0.29, 0.717) is 25.7 Å². The van der Waals surface area contributed by atoms with Gasteiger partial charge in [-0.15, -0.1) is 0 Å². The Morgan fingerprint density at radius 1 is 0.259 bits per heavy atom. The quantitative estimate of drug-likeness (QED) is 0.0222. The summed E-state index contributed by atoms with van der Waals surface area (Å²) in [6.07, 6.45) is 77.1. The molecule has 0 rings (SSSR count). The van der Waals surface area contributed by atoms with Crippen LogP contribution in [0.1, 0.15) is 484 Å². The maximum Gasteiger partial charge on any atom is 0.472 e. The zero-order valence-corrected chi connectivity index (χ0v) is 72.8. The van der Waals surface area contributed by atoms with Crippen molar-refractivity contribution in [3.8, 4) is 0 Å². The molecule has 0 spiro atoms. The van der Waals surface area contributed by atoms with Gasteiger partial charge in [0.2, 0.25) is 0 Å². The molecule has 0 fully saturated rings. The first-order valence-corrected chi connectivity index (χ1v) is 49.2. The van der Waals surface area contributed by atoms with Crippen LogP contribution in [0.5, 0.6) is 0 Å². The molecule has 6 atom stereocenters. The Kier molecular flexibility index (Phi) is 80.2. The molecule has 17 nitrogen and oxygen atoms in total. The number of phosphoric ester groups is 2. The van der Waals surface area contributed by atoms with E-state index in [4.69, 9.17) is 37.0 Å². The van der Waals surface area contributed by atoms with Crippen molar-refractivity contribution in [2.75, 3.05) is 39.6 Å². The van der Waals surface area contributed by atoms with Crippen molar-refractivity contribution in [3.63, 3.8) is 0 Å². The van der Waals surface area contributed by atoms with Gasteiger partial charge in [-0.3, -0.25) is 37.3 Å². The number of rotatable bonds is 89. The minimum absolute atomic E-state index is 0.108. The van der Waals surface area contributed by atoms with Crippen molar-refractivity contribution in [3.05, 3.63) is 0 Å². The molecule has 0 heterocycles. The Morgan fingerprint density at radius 3 is 0.657 bits per heavy atom. The molecule has 0 aromatic carbocycles. The zero-order valence-electron chi connectivity index (χ0n) is 71.0. The lowest BCUT2D eigenvalue weighted by molar-refractivity contribution is -0.161. The van der Waals surface area contributed by atoms with Gasteiger partial charge in [-0.25, -0.2) is 9.13 Å². The molecular weight excluding hydrogens is 1400 g/mol. The number of carbonyl (C=O) groups is 4. The van der Waals surface area contributed by atoms with E-state index in [9.17, 15) is 43.2 Å². The van der Waals surface area contributed by atoms with Gasteiger partial charge < -0.3 is 33.8 Å². The normalized spacial score (nSPS) is 14.0. The number of aliphatic hydroxyl groups excluding tert-OH is 1. The second-order valence-corrected chi connectivity index (χ2v) is 35.1. The molecule has 0 amide bonds. The molecule has 0 aliphatic rings. The van der Waals surface area contributed by atoms with Gasteiger partial charge in [0.1, 0.15) is 19.3 Å². The average Bonchev–Trinajstić information content (AvgIpc) is 0.902. The number of hydrogen-bond acceptors (Lipinski definition) is 15. The predicted molar refractivity (Wildman–Crippen MR) is 446 cm³/mol. The first kappa shape index (κ1) is 106. The summed E-state index contributed by atoms with van der Waals surface area (Å²) in [6.45, 7) is 7.35. The number of carbonyl (C=O) groups excluding carboxylic acids is 4. The maximum atomic E-state index is 13.1. The van der Waals surface area contributed by atoms with Crippen LogP contribution in [-0.2, 0) is 65.4 Å². The van der Waals surface area contributed by atoms with Crippen molar-refractivity contribution < 1.29 is 80.2 Å². The summed E-state index contributed by atoms with van der Waals surface area (Å²) in [5.41, 5.74) is 0. The van der Waals surface area contributed by atoms with Crippen LogP contribution < -0.4 is 0 Å². The van der Waals surface area contributed by atoms with Crippen LogP contribution >= 0.6 is 15.6 Å². The predicted octanol–water partition coefficient (Wildman–Crippen LogP) is 27.5. The molecule has 3 unspecified atom stereocenters. The fourth-order valence-electron chi connectivity index (χ4n) is 14.0. The molecule has 642 valence electrons. The first-order valence-electron chi connectivity index (χ1n) is 46.2.